The van der Waals surface area contributed by atoms with Gasteiger partial charge in [0.15, 0.2) is 6.29 Å². The average molecular weight is 574 g/mol. The molecule has 1 amide bonds. The lowest BCUT2D eigenvalue weighted by molar-refractivity contribution is -0.109. The number of piperazine rings is 1. The zero-order valence-corrected chi connectivity index (χ0v) is 26.2. The Hall–Kier alpha value is -3.85. The van der Waals surface area contributed by atoms with Gasteiger partial charge in [0.25, 0.3) is 0 Å². The van der Waals surface area contributed by atoms with E-state index in [-0.39, 0.29) is 5.60 Å². The van der Waals surface area contributed by atoms with Crippen LogP contribution in [0.15, 0.2) is 66.7 Å². The summed E-state index contributed by atoms with van der Waals surface area (Å²) in [5.74, 6) is 0. The SMILES string of the molecule is CN1CCN(C)CC1.CNC=O.COC(C)(C)C.N=Cc1ccc2cc(C=O)n(Cc3cccc4ccccc34)c2c1. The van der Waals surface area contributed by atoms with Gasteiger partial charge in [-0.15, -0.1) is 0 Å². The van der Waals surface area contributed by atoms with E-state index in [2.05, 4.69) is 53.5 Å². The molecule has 1 fully saturated rings. The summed E-state index contributed by atoms with van der Waals surface area (Å²) in [5.41, 5.74) is 3.68. The first kappa shape index (κ1) is 34.4. The van der Waals surface area contributed by atoms with Crippen molar-refractivity contribution in [2.45, 2.75) is 32.9 Å². The van der Waals surface area contributed by atoms with E-state index >= 15 is 0 Å². The van der Waals surface area contributed by atoms with Crippen molar-refractivity contribution >= 4 is 40.6 Å². The van der Waals surface area contributed by atoms with Gasteiger partial charge in [0.05, 0.1) is 11.3 Å². The quantitative estimate of drug-likeness (QED) is 0.250. The summed E-state index contributed by atoms with van der Waals surface area (Å²) >= 11 is 0. The molecular formula is C34H47N5O3. The van der Waals surface area contributed by atoms with Gasteiger partial charge in [0, 0.05) is 64.0 Å². The lowest BCUT2D eigenvalue weighted by Gasteiger charge is -2.28. The minimum Gasteiger partial charge on any atom is -0.379 e. The first-order valence-electron chi connectivity index (χ1n) is 14.2. The second-order valence-corrected chi connectivity index (χ2v) is 11.2. The molecule has 1 aliphatic rings. The van der Waals surface area contributed by atoms with Crippen molar-refractivity contribution in [3.8, 4) is 0 Å². The molecule has 1 aliphatic heterocycles. The summed E-state index contributed by atoms with van der Waals surface area (Å²) in [6.45, 7) is 11.6. The summed E-state index contributed by atoms with van der Waals surface area (Å²) in [5, 5.41) is 13.1. The molecule has 0 radical (unpaired) electrons. The van der Waals surface area contributed by atoms with Crippen molar-refractivity contribution in [2.24, 2.45) is 0 Å². The first-order valence-corrected chi connectivity index (χ1v) is 14.2. The number of methoxy groups -OCH3 is 1. The van der Waals surface area contributed by atoms with Gasteiger partial charge in [-0.25, -0.2) is 0 Å². The van der Waals surface area contributed by atoms with Crippen LogP contribution in [0, 0.1) is 5.41 Å². The van der Waals surface area contributed by atoms with Crippen LogP contribution in [0.4, 0.5) is 0 Å². The maximum absolute atomic E-state index is 11.5. The van der Waals surface area contributed by atoms with E-state index in [0.29, 0.717) is 18.6 Å². The molecule has 0 spiro atoms. The number of carbonyl (C=O) groups is 2. The van der Waals surface area contributed by atoms with E-state index in [0.717, 1.165) is 22.8 Å². The van der Waals surface area contributed by atoms with Crippen molar-refractivity contribution in [2.75, 3.05) is 54.4 Å². The van der Waals surface area contributed by atoms with Gasteiger partial charge >= 0.3 is 0 Å². The Morgan fingerprint density at radius 1 is 0.881 bits per heavy atom. The van der Waals surface area contributed by atoms with Crippen LogP contribution < -0.4 is 5.32 Å². The molecule has 4 aromatic rings. The maximum atomic E-state index is 11.5. The molecule has 1 aromatic heterocycles. The summed E-state index contributed by atoms with van der Waals surface area (Å²) < 4.78 is 6.96. The second kappa shape index (κ2) is 17.2. The minimum absolute atomic E-state index is 0.0417. The number of hydrogen-bond donors (Lipinski definition) is 2. The van der Waals surface area contributed by atoms with Crippen LogP contribution in [0.25, 0.3) is 21.7 Å². The molecule has 42 heavy (non-hydrogen) atoms. The van der Waals surface area contributed by atoms with Gasteiger partial charge in [0.1, 0.15) is 0 Å². The number of nitrogens with zero attached hydrogens (tertiary/aromatic N) is 3. The third-order valence-corrected chi connectivity index (χ3v) is 6.91. The Balaban J connectivity index is 0.000000280. The number of fused-ring (bicyclic) bond motifs is 2. The Morgan fingerprint density at radius 2 is 1.45 bits per heavy atom. The molecule has 1 saturated heterocycles. The van der Waals surface area contributed by atoms with Crippen LogP contribution >= 0.6 is 0 Å². The number of benzene rings is 3. The number of ether oxygens (including phenoxy) is 1. The molecule has 0 saturated carbocycles. The van der Waals surface area contributed by atoms with Crippen LogP contribution in [-0.2, 0) is 16.1 Å². The lowest BCUT2D eigenvalue weighted by Crippen LogP contribution is -2.42. The number of aldehydes is 1. The highest BCUT2D eigenvalue weighted by Gasteiger charge is 2.11. The topological polar surface area (TPSA) is 90.7 Å². The Morgan fingerprint density at radius 3 is 1.98 bits per heavy atom. The third kappa shape index (κ3) is 10.9. The molecule has 2 N–H and O–H groups in total. The molecule has 0 atom stereocenters. The number of amides is 1. The van der Waals surface area contributed by atoms with Gasteiger partial charge in [-0.1, -0.05) is 54.6 Å². The minimum atomic E-state index is 0.0417. The molecule has 5 rings (SSSR count). The zero-order chi connectivity index (χ0) is 31.1. The largest absolute Gasteiger partial charge is 0.379 e. The second-order valence-electron chi connectivity index (χ2n) is 11.2. The number of rotatable bonds is 5. The van der Waals surface area contributed by atoms with E-state index in [1.807, 2.05) is 67.8 Å². The van der Waals surface area contributed by atoms with Crippen LogP contribution in [-0.4, -0.2) is 93.3 Å². The smallest absolute Gasteiger partial charge is 0.206 e. The van der Waals surface area contributed by atoms with E-state index < -0.39 is 0 Å². The molecule has 226 valence electrons. The fourth-order valence-electron chi connectivity index (χ4n) is 4.16. The van der Waals surface area contributed by atoms with Gasteiger partial charge in [-0.2, -0.15) is 0 Å². The van der Waals surface area contributed by atoms with Gasteiger partial charge in [-0.05, 0) is 68.9 Å². The van der Waals surface area contributed by atoms with E-state index in [1.165, 1.54) is 48.7 Å². The summed E-state index contributed by atoms with van der Waals surface area (Å²) in [6, 6.07) is 22.2. The summed E-state index contributed by atoms with van der Waals surface area (Å²) in [7, 11) is 7.62. The van der Waals surface area contributed by atoms with Crippen molar-refractivity contribution in [1.29, 1.82) is 5.41 Å². The highest BCUT2D eigenvalue weighted by molar-refractivity contribution is 5.93. The molecule has 8 nitrogen and oxygen atoms in total. The predicted octanol–water partition coefficient (Wildman–Crippen LogP) is 5.31. The van der Waals surface area contributed by atoms with Crippen LogP contribution in [0.1, 0.15) is 42.4 Å². The van der Waals surface area contributed by atoms with Crippen molar-refractivity contribution in [3.63, 3.8) is 0 Å². The van der Waals surface area contributed by atoms with E-state index in [1.54, 1.807) is 14.2 Å². The monoisotopic (exact) mass is 573 g/mol. The third-order valence-electron chi connectivity index (χ3n) is 6.91. The van der Waals surface area contributed by atoms with Crippen molar-refractivity contribution in [3.05, 3.63) is 83.6 Å². The number of hydrogen-bond acceptors (Lipinski definition) is 6. The predicted molar refractivity (Wildman–Crippen MR) is 175 cm³/mol. The lowest BCUT2D eigenvalue weighted by atomic mass is 10.0. The molecule has 0 aliphatic carbocycles. The van der Waals surface area contributed by atoms with E-state index in [4.69, 9.17) is 14.9 Å². The van der Waals surface area contributed by atoms with Crippen molar-refractivity contribution < 1.29 is 14.3 Å². The zero-order valence-electron chi connectivity index (χ0n) is 26.2. The molecular weight excluding hydrogens is 526 g/mol. The van der Waals surface area contributed by atoms with Crippen molar-refractivity contribution in [1.82, 2.24) is 19.7 Å². The average Bonchev–Trinajstić information content (AvgIpc) is 3.35. The van der Waals surface area contributed by atoms with Crippen LogP contribution in [0.2, 0.25) is 0 Å². The Labute approximate surface area is 250 Å². The molecule has 0 bridgehead atoms. The number of likely N-dealkylation sites (N-methyl/N-ethyl adjacent to an activating group) is 2. The molecule has 3 aromatic carbocycles. The molecule has 2 heterocycles. The van der Waals surface area contributed by atoms with Gasteiger partial charge in [-0.3, -0.25) is 9.59 Å². The molecule has 8 heteroatoms. The highest BCUT2D eigenvalue weighted by Crippen LogP contribution is 2.25. The summed E-state index contributed by atoms with van der Waals surface area (Å²) in [4.78, 5) is 25.3. The standard InChI is InChI=1S/C21H16N2O.C6H14N2.C5H12O.C2H5NO/c22-12-15-8-9-17-11-19(14-24)23(21(17)10-15)13-18-6-3-5-16-4-1-2-7-20(16)18;1-7-3-5-8(2)6-4-7;1-5(2,3)6-4;1-3-2-4/h1-12,14,22H,13H2;3-6H2,1-2H3;1-4H3;2H,1H3,(H,3,4). The number of aromatic nitrogens is 1. The summed E-state index contributed by atoms with van der Waals surface area (Å²) in [6.07, 6.45) is 2.85. The maximum Gasteiger partial charge on any atom is 0.206 e. The fraction of sp³-hybridized carbons (Fsp3) is 0.382. The Bertz CT molecular complexity index is 1400. The first-order chi connectivity index (χ1) is 20.1. The number of nitrogens with one attached hydrogen (secondary N) is 2. The highest BCUT2D eigenvalue weighted by atomic mass is 16.5. The normalized spacial score (nSPS) is 13.5. The van der Waals surface area contributed by atoms with E-state index in [9.17, 15) is 4.79 Å². The molecule has 0 unspecified atom stereocenters. The Kier molecular flexibility index (Phi) is 14.1. The fourth-order valence-corrected chi connectivity index (χ4v) is 4.16. The van der Waals surface area contributed by atoms with Gasteiger partial charge in [0.2, 0.25) is 6.41 Å². The van der Waals surface area contributed by atoms with Crippen LogP contribution in [0.5, 0.6) is 0 Å². The van der Waals surface area contributed by atoms with Crippen LogP contribution in [0.3, 0.4) is 0 Å². The van der Waals surface area contributed by atoms with Gasteiger partial charge < -0.3 is 29.8 Å². The number of carbonyl (C=O) groups excluding carboxylic acids is 2.